The van der Waals surface area contributed by atoms with Gasteiger partial charge in [0.2, 0.25) is 5.91 Å². The molecule has 9 heteroatoms. The van der Waals surface area contributed by atoms with Gasteiger partial charge in [0, 0.05) is 33.5 Å². The topological polar surface area (TPSA) is 117 Å². The third kappa shape index (κ3) is 8.25. The van der Waals surface area contributed by atoms with E-state index in [4.69, 9.17) is 4.74 Å². The first-order valence-corrected chi connectivity index (χ1v) is 14.1. The largest absolute Gasteiger partial charge is 0.508 e. The van der Waals surface area contributed by atoms with Gasteiger partial charge in [-0.25, -0.2) is 0 Å². The minimum Gasteiger partial charge on any atom is -0.508 e. The molecule has 0 unspecified atom stereocenters. The van der Waals surface area contributed by atoms with Crippen molar-refractivity contribution in [1.29, 1.82) is 0 Å². The van der Waals surface area contributed by atoms with Crippen molar-refractivity contribution >= 4 is 46.9 Å². The molecule has 0 radical (unpaired) electrons. The Kier molecular flexibility index (Phi) is 10.0. The van der Waals surface area contributed by atoms with E-state index in [2.05, 4.69) is 16.0 Å². The van der Waals surface area contributed by atoms with Gasteiger partial charge in [0.1, 0.15) is 17.2 Å². The lowest BCUT2D eigenvalue weighted by Gasteiger charge is -2.13. The number of hydrogen-bond donors (Lipinski definition) is 4. The van der Waals surface area contributed by atoms with Crippen molar-refractivity contribution in [3.8, 4) is 11.5 Å². The molecule has 4 N–H and O–H groups in total. The summed E-state index contributed by atoms with van der Waals surface area (Å²) in [6.45, 7) is 3.95. The fourth-order valence-electron chi connectivity index (χ4n) is 4.07. The van der Waals surface area contributed by atoms with Crippen molar-refractivity contribution in [3.63, 3.8) is 0 Å². The Morgan fingerprint density at radius 2 is 1.67 bits per heavy atom. The number of anilines is 2. The maximum Gasteiger partial charge on any atom is 0.272 e. The third-order valence-electron chi connectivity index (χ3n) is 6.16. The van der Waals surface area contributed by atoms with Gasteiger partial charge in [-0.2, -0.15) is 0 Å². The van der Waals surface area contributed by atoms with Crippen molar-refractivity contribution in [2.24, 2.45) is 0 Å². The Balaban J connectivity index is 1.49. The molecule has 8 nitrogen and oxygen atoms in total. The number of nitrogens with one attached hydrogen (secondary N) is 3. The molecule has 0 saturated heterocycles. The molecule has 4 aromatic rings. The first kappa shape index (κ1) is 30.0. The number of hydrogen-bond acceptors (Lipinski definition) is 6. The van der Waals surface area contributed by atoms with Gasteiger partial charge in [-0.05, 0) is 74.0 Å². The minimum absolute atomic E-state index is 0.000296. The SMILES string of the molecule is COc1cc(O)ccc1/C=C(/NC(=O)c1ccccc1)C(=O)Nc1cccc(SCC(=O)Nc2ccc(C)cc2C)c1. The molecule has 0 aromatic heterocycles. The molecule has 0 aliphatic carbocycles. The van der Waals surface area contributed by atoms with Gasteiger partial charge in [0.15, 0.2) is 0 Å². The highest BCUT2D eigenvalue weighted by atomic mass is 32.2. The first-order valence-electron chi connectivity index (χ1n) is 13.1. The zero-order chi connectivity index (χ0) is 30.1. The van der Waals surface area contributed by atoms with Crippen LogP contribution < -0.4 is 20.7 Å². The fraction of sp³-hybridized carbons (Fsp3) is 0.121. The van der Waals surface area contributed by atoms with Gasteiger partial charge >= 0.3 is 0 Å². The summed E-state index contributed by atoms with van der Waals surface area (Å²) in [5.74, 6) is -0.660. The monoisotopic (exact) mass is 581 g/mol. The number of amides is 3. The molecule has 0 aliphatic rings. The highest BCUT2D eigenvalue weighted by Gasteiger charge is 2.17. The maximum atomic E-state index is 13.4. The molecule has 0 spiro atoms. The molecule has 4 rings (SSSR count). The quantitative estimate of drug-likeness (QED) is 0.132. The lowest BCUT2D eigenvalue weighted by Crippen LogP contribution is -2.30. The number of phenolic OH excluding ortho intramolecular Hbond substituents is 1. The third-order valence-corrected chi connectivity index (χ3v) is 7.16. The van der Waals surface area contributed by atoms with Crippen LogP contribution in [0.25, 0.3) is 6.08 Å². The van der Waals surface area contributed by atoms with Crippen LogP contribution in [0.5, 0.6) is 11.5 Å². The van der Waals surface area contributed by atoms with E-state index in [0.717, 1.165) is 21.7 Å². The van der Waals surface area contributed by atoms with Crippen LogP contribution in [0.4, 0.5) is 11.4 Å². The summed E-state index contributed by atoms with van der Waals surface area (Å²) in [6.07, 6.45) is 1.48. The maximum absolute atomic E-state index is 13.4. The molecule has 0 bridgehead atoms. The van der Waals surface area contributed by atoms with Gasteiger partial charge in [0.05, 0.1) is 12.9 Å². The van der Waals surface area contributed by atoms with Crippen LogP contribution in [0.2, 0.25) is 0 Å². The predicted octanol–water partition coefficient (Wildman–Crippen LogP) is 6.16. The summed E-state index contributed by atoms with van der Waals surface area (Å²) in [4.78, 5) is 39.7. The Labute approximate surface area is 248 Å². The van der Waals surface area contributed by atoms with E-state index < -0.39 is 11.8 Å². The lowest BCUT2D eigenvalue weighted by atomic mass is 10.1. The predicted molar refractivity (Wildman–Crippen MR) is 167 cm³/mol. The highest BCUT2D eigenvalue weighted by molar-refractivity contribution is 8.00. The van der Waals surface area contributed by atoms with Crippen LogP contribution in [-0.2, 0) is 9.59 Å². The molecular weight excluding hydrogens is 550 g/mol. The molecule has 42 heavy (non-hydrogen) atoms. The number of carbonyl (C=O) groups excluding carboxylic acids is 3. The van der Waals surface area contributed by atoms with E-state index in [0.29, 0.717) is 22.6 Å². The number of rotatable bonds is 10. The lowest BCUT2D eigenvalue weighted by molar-refractivity contribution is -0.114. The van der Waals surface area contributed by atoms with Crippen molar-refractivity contribution in [3.05, 3.63) is 119 Å². The standard InChI is InChI=1S/C33H31N3O5S/c1-21-12-15-28(22(2)16-21)35-31(38)20-42-27-11-7-10-25(18-27)34-33(40)29(36-32(39)23-8-5-4-6-9-23)17-24-13-14-26(37)19-30(24)41-3/h4-19,37H,20H2,1-3H3,(H,34,40)(H,35,38)(H,36,39)/b29-17+. The summed E-state index contributed by atoms with van der Waals surface area (Å²) in [7, 11) is 1.44. The summed E-state index contributed by atoms with van der Waals surface area (Å²) in [6, 6.07) is 25.9. The van der Waals surface area contributed by atoms with Crippen LogP contribution in [0.3, 0.4) is 0 Å². The molecule has 0 atom stereocenters. The van der Waals surface area contributed by atoms with Gasteiger partial charge in [-0.15, -0.1) is 11.8 Å². The summed E-state index contributed by atoms with van der Waals surface area (Å²) >= 11 is 1.34. The summed E-state index contributed by atoms with van der Waals surface area (Å²) in [5, 5.41) is 18.3. The molecule has 0 fully saturated rings. The van der Waals surface area contributed by atoms with Gasteiger partial charge in [-0.1, -0.05) is 42.0 Å². The number of thioether (sulfide) groups is 1. The molecular formula is C33H31N3O5S. The number of carbonyl (C=O) groups is 3. The second kappa shape index (κ2) is 14.0. The molecule has 0 saturated carbocycles. The summed E-state index contributed by atoms with van der Waals surface area (Å²) < 4.78 is 5.34. The van der Waals surface area contributed by atoms with Gasteiger partial charge in [0.25, 0.3) is 11.8 Å². The van der Waals surface area contributed by atoms with E-state index in [9.17, 15) is 19.5 Å². The average Bonchev–Trinajstić information content (AvgIpc) is 2.98. The van der Waals surface area contributed by atoms with E-state index in [1.54, 1.807) is 54.6 Å². The minimum atomic E-state index is -0.566. The highest BCUT2D eigenvalue weighted by Crippen LogP contribution is 2.27. The van der Waals surface area contributed by atoms with Crippen molar-refractivity contribution in [1.82, 2.24) is 5.32 Å². The van der Waals surface area contributed by atoms with E-state index in [-0.39, 0.29) is 23.1 Å². The van der Waals surface area contributed by atoms with E-state index in [1.807, 2.05) is 38.1 Å². The number of aryl methyl sites for hydroxylation is 2. The normalized spacial score (nSPS) is 11.0. The molecule has 214 valence electrons. The van der Waals surface area contributed by atoms with Crippen LogP contribution in [0, 0.1) is 13.8 Å². The first-order chi connectivity index (χ1) is 20.2. The molecule has 4 aromatic carbocycles. The van der Waals surface area contributed by atoms with Crippen molar-refractivity contribution in [2.45, 2.75) is 18.7 Å². The number of benzene rings is 4. The van der Waals surface area contributed by atoms with Crippen LogP contribution in [0.1, 0.15) is 27.0 Å². The second-order valence-electron chi connectivity index (χ2n) is 9.44. The Hall–Kier alpha value is -5.02. The molecule has 0 heterocycles. The second-order valence-corrected chi connectivity index (χ2v) is 10.5. The number of ether oxygens (including phenoxy) is 1. The Morgan fingerprint density at radius 3 is 2.40 bits per heavy atom. The number of methoxy groups -OCH3 is 1. The van der Waals surface area contributed by atoms with Crippen LogP contribution in [-0.4, -0.2) is 35.7 Å². The Bertz CT molecular complexity index is 1640. The van der Waals surface area contributed by atoms with E-state index in [1.165, 1.54) is 37.1 Å². The summed E-state index contributed by atoms with van der Waals surface area (Å²) in [5.41, 5.74) is 4.20. The van der Waals surface area contributed by atoms with Gasteiger partial charge in [-0.3, -0.25) is 14.4 Å². The van der Waals surface area contributed by atoms with Crippen molar-refractivity contribution in [2.75, 3.05) is 23.5 Å². The Morgan fingerprint density at radius 1 is 0.881 bits per heavy atom. The van der Waals surface area contributed by atoms with Gasteiger partial charge < -0.3 is 25.8 Å². The molecule has 3 amide bonds. The van der Waals surface area contributed by atoms with Crippen molar-refractivity contribution < 1.29 is 24.2 Å². The van der Waals surface area contributed by atoms with E-state index >= 15 is 0 Å². The molecule has 0 aliphatic heterocycles. The zero-order valence-corrected chi connectivity index (χ0v) is 24.2. The average molecular weight is 582 g/mol. The van der Waals surface area contributed by atoms with Crippen LogP contribution >= 0.6 is 11.8 Å². The number of aromatic hydroxyl groups is 1. The smallest absolute Gasteiger partial charge is 0.272 e. The van der Waals surface area contributed by atoms with Crippen LogP contribution in [0.15, 0.2) is 102 Å². The number of phenols is 1. The zero-order valence-electron chi connectivity index (χ0n) is 23.4. The fourth-order valence-corrected chi connectivity index (χ4v) is 4.82.